The van der Waals surface area contributed by atoms with Crippen molar-refractivity contribution < 1.29 is 19.1 Å². The topological polar surface area (TPSA) is 79.0 Å². The third kappa shape index (κ3) is 7.53. The van der Waals surface area contributed by atoms with E-state index in [0.29, 0.717) is 42.3 Å². The van der Waals surface area contributed by atoms with E-state index in [4.69, 9.17) is 4.74 Å². The van der Waals surface area contributed by atoms with Crippen molar-refractivity contribution in [3.8, 4) is 11.5 Å². The molecule has 0 saturated carbocycles. The van der Waals surface area contributed by atoms with Crippen LogP contribution in [0.25, 0.3) is 0 Å². The van der Waals surface area contributed by atoms with E-state index in [9.17, 15) is 14.4 Å². The molecule has 1 heterocycles. The zero-order valence-electron chi connectivity index (χ0n) is 25.4. The average molecular weight is 590 g/mol. The van der Waals surface area contributed by atoms with Crippen LogP contribution in [-0.2, 0) is 22.6 Å². The summed E-state index contributed by atoms with van der Waals surface area (Å²) in [5, 5.41) is 3.02. The molecule has 226 valence electrons. The fourth-order valence-corrected chi connectivity index (χ4v) is 5.57. The largest absolute Gasteiger partial charge is 0.457 e. The number of nitrogens with one attached hydrogen (secondary N) is 1. The van der Waals surface area contributed by atoms with Crippen LogP contribution in [0.1, 0.15) is 61.0 Å². The maximum absolute atomic E-state index is 13.9. The number of fused-ring (bicyclic) bond motifs is 1. The quantitative estimate of drug-likeness (QED) is 0.183. The minimum atomic E-state index is -0.706. The van der Waals surface area contributed by atoms with E-state index in [1.54, 1.807) is 34.9 Å². The number of nitrogens with zero attached hydrogens (tertiary/aromatic N) is 2. The molecule has 3 amide bonds. The molecule has 0 saturated heterocycles. The standard InChI is InChI=1S/C37H39N3O4/c1-3-4-5-11-23-39(27(2)41)32-21-19-31(20-22-32)38-36(42)35-25-28-13-9-10-14-30(28)26-40(35)37(43)29-15-12-18-34(24-29)44-33-16-7-6-8-17-33/h6-10,12-22,24,35H,3-5,11,23,25-26H2,1-2H3,(H,38,42)/t35-/m0/s1. The third-order valence-electron chi connectivity index (χ3n) is 7.93. The highest BCUT2D eigenvalue weighted by atomic mass is 16.5. The number of para-hydroxylation sites is 1. The van der Waals surface area contributed by atoms with Crippen molar-refractivity contribution >= 4 is 29.1 Å². The molecule has 7 heteroatoms. The molecule has 44 heavy (non-hydrogen) atoms. The number of hydrogen-bond acceptors (Lipinski definition) is 4. The number of unbranched alkanes of at least 4 members (excludes halogenated alkanes) is 3. The van der Waals surface area contributed by atoms with Crippen molar-refractivity contribution in [2.75, 3.05) is 16.8 Å². The lowest BCUT2D eigenvalue weighted by atomic mass is 9.92. The summed E-state index contributed by atoms with van der Waals surface area (Å²) in [7, 11) is 0. The van der Waals surface area contributed by atoms with E-state index < -0.39 is 6.04 Å². The van der Waals surface area contributed by atoms with Crippen LogP contribution in [0.4, 0.5) is 11.4 Å². The van der Waals surface area contributed by atoms with Crippen LogP contribution in [0.3, 0.4) is 0 Å². The molecule has 7 nitrogen and oxygen atoms in total. The van der Waals surface area contributed by atoms with Crippen LogP contribution in [0, 0.1) is 0 Å². The monoisotopic (exact) mass is 589 g/mol. The lowest BCUT2D eigenvalue weighted by molar-refractivity contribution is -0.121. The second-order valence-corrected chi connectivity index (χ2v) is 11.1. The molecule has 0 fully saturated rings. The van der Waals surface area contributed by atoms with Crippen LogP contribution in [0.15, 0.2) is 103 Å². The van der Waals surface area contributed by atoms with Gasteiger partial charge in [-0.3, -0.25) is 14.4 Å². The Bertz CT molecular complexity index is 1590. The molecule has 5 rings (SSSR count). The predicted octanol–water partition coefficient (Wildman–Crippen LogP) is 7.62. The second-order valence-electron chi connectivity index (χ2n) is 11.1. The van der Waals surface area contributed by atoms with Gasteiger partial charge in [0.15, 0.2) is 0 Å². The molecule has 1 aliphatic heterocycles. The normalized spacial score (nSPS) is 14.0. The zero-order valence-corrected chi connectivity index (χ0v) is 25.4. The highest BCUT2D eigenvalue weighted by molar-refractivity contribution is 6.02. The molecule has 1 aliphatic rings. The van der Waals surface area contributed by atoms with Crippen molar-refractivity contribution in [1.82, 2.24) is 4.90 Å². The summed E-state index contributed by atoms with van der Waals surface area (Å²) < 4.78 is 5.97. The maximum atomic E-state index is 13.9. The summed E-state index contributed by atoms with van der Waals surface area (Å²) in [6.45, 7) is 4.72. The average Bonchev–Trinajstić information content (AvgIpc) is 3.05. The van der Waals surface area contributed by atoms with Crippen LogP contribution in [0.5, 0.6) is 11.5 Å². The molecular formula is C37H39N3O4. The lowest BCUT2D eigenvalue weighted by Gasteiger charge is -2.36. The maximum Gasteiger partial charge on any atom is 0.254 e. The first-order valence-electron chi connectivity index (χ1n) is 15.3. The minimum Gasteiger partial charge on any atom is -0.457 e. The SMILES string of the molecule is CCCCCCN(C(C)=O)c1ccc(NC(=O)[C@@H]2Cc3ccccc3CN2C(=O)c2cccc(Oc3ccccc3)c2)cc1. The van der Waals surface area contributed by atoms with E-state index in [1.165, 1.54) is 0 Å². The van der Waals surface area contributed by atoms with Crippen LogP contribution < -0.4 is 15.0 Å². The first-order valence-corrected chi connectivity index (χ1v) is 15.3. The molecule has 0 aliphatic carbocycles. The summed E-state index contributed by atoms with van der Waals surface area (Å²) in [6, 6.07) is 31.0. The number of rotatable bonds is 11. The van der Waals surface area contributed by atoms with Gasteiger partial charge in [0.25, 0.3) is 5.91 Å². The zero-order chi connectivity index (χ0) is 30.9. The highest BCUT2D eigenvalue weighted by Crippen LogP contribution is 2.28. The number of benzene rings is 4. The van der Waals surface area contributed by atoms with Crippen LogP contribution >= 0.6 is 0 Å². The summed E-state index contributed by atoms with van der Waals surface area (Å²) in [6.07, 6.45) is 4.72. The Balaban J connectivity index is 1.33. The van der Waals surface area contributed by atoms with Gasteiger partial charge in [0.05, 0.1) is 0 Å². The smallest absolute Gasteiger partial charge is 0.254 e. The van der Waals surface area contributed by atoms with Gasteiger partial charge in [-0.2, -0.15) is 0 Å². The molecule has 0 aromatic heterocycles. The number of hydrogen-bond donors (Lipinski definition) is 1. The molecule has 4 aromatic rings. The number of amides is 3. The van der Waals surface area contributed by atoms with E-state index in [2.05, 4.69) is 12.2 Å². The summed E-state index contributed by atoms with van der Waals surface area (Å²) in [5.41, 5.74) is 3.93. The fraction of sp³-hybridized carbons (Fsp3) is 0.270. The van der Waals surface area contributed by atoms with Crippen LogP contribution in [-0.4, -0.2) is 35.2 Å². The first-order chi connectivity index (χ1) is 21.4. The van der Waals surface area contributed by atoms with Gasteiger partial charge in [-0.25, -0.2) is 0 Å². The van der Waals surface area contributed by atoms with Gasteiger partial charge in [-0.15, -0.1) is 0 Å². The molecule has 0 spiro atoms. The number of carbonyl (C=O) groups excluding carboxylic acids is 3. The number of ether oxygens (including phenoxy) is 1. The van der Waals surface area contributed by atoms with Crippen molar-refractivity contribution in [2.45, 2.75) is 58.5 Å². The lowest BCUT2D eigenvalue weighted by Crippen LogP contribution is -2.50. The van der Waals surface area contributed by atoms with Gasteiger partial charge in [0.2, 0.25) is 11.8 Å². The summed E-state index contributed by atoms with van der Waals surface area (Å²) in [5.74, 6) is 0.709. The van der Waals surface area contributed by atoms with Gasteiger partial charge in [-0.05, 0) is 72.1 Å². The van der Waals surface area contributed by atoms with Gasteiger partial charge in [-0.1, -0.05) is 74.7 Å². The van der Waals surface area contributed by atoms with Gasteiger partial charge in [0, 0.05) is 43.4 Å². The molecular weight excluding hydrogens is 550 g/mol. The Hall–Kier alpha value is -4.91. The molecule has 0 radical (unpaired) electrons. The molecule has 4 aromatic carbocycles. The minimum absolute atomic E-state index is 0.00783. The van der Waals surface area contributed by atoms with E-state index in [0.717, 1.165) is 42.5 Å². The predicted molar refractivity (Wildman–Crippen MR) is 174 cm³/mol. The first kappa shape index (κ1) is 30.5. The summed E-state index contributed by atoms with van der Waals surface area (Å²) >= 11 is 0. The van der Waals surface area contributed by atoms with Gasteiger partial charge >= 0.3 is 0 Å². The Kier molecular flexibility index (Phi) is 10.1. The Labute approximate surface area is 259 Å². The van der Waals surface area contributed by atoms with E-state index in [-0.39, 0.29) is 17.7 Å². The van der Waals surface area contributed by atoms with Gasteiger partial charge in [0.1, 0.15) is 17.5 Å². The Morgan fingerprint density at radius 1 is 0.818 bits per heavy atom. The van der Waals surface area contributed by atoms with Crippen LogP contribution in [0.2, 0.25) is 0 Å². The van der Waals surface area contributed by atoms with E-state index in [1.807, 2.05) is 84.9 Å². The number of carbonyl (C=O) groups is 3. The Morgan fingerprint density at radius 3 is 2.25 bits per heavy atom. The van der Waals surface area contributed by atoms with Gasteiger partial charge < -0.3 is 19.9 Å². The van der Waals surface area contributed by atoms with Crippen molar-refractivity contribution in [2.24, 2.45) is 0 Å². The number of anilines is 2. The summed E-state index contributed by atoms with van der Waals surface area (Å²) in [4.78, 5) is 43.4. The molecule has 0 unspecified atom stereocenters. The molecule has 1 N–H and O–H groups in total. The fourth-order valence-electron chi connectivity index (χ4n) is 5.57. The van der Waals surface area contributed by atoms with E-state index >= 15 is 0 Å². The molecule has 0 bridgehead atoms. The Morgan fingerprint density at radius 2 is 1.52 bits per heavy atom. The van der Waals surface area contributed by atoms with Crippen molar-refractivity contribution in [1.29, 1.82) is 0 Å². The molecule has 1 atom stereocenters. The second kappa shape index (κ2) is 14.5. The van der Waals surface area contributed by atoms with Crippen molar-refractivity contribution in [3.63, 3.8) is 0 Å². The van der Waals surface area contributed by atoms with Crippen molar-refractivity contribution in [3.05, 3.63) is 120 Å². The highest BCUT2D eigenvalue weighted by Gasteiger charge is 2.35. The third-order valence-corrected chi connectivity index (χ3v) is 7.93.